The van der Waals surface area contributed by atoms with E-state index in [-0.39, 0.29) is 0 Å². The highest BCUT2D eigenvalue weighted by Crippen LogP contribution is 2.32. The van der Waals surface area contributed by atoms with E-state index in [0.29, 0.717) is 12.0 Å². The third kappa shape index (κ3) is 2.03. The topological polar surface area (TPSA) is 41.9 Å². The molecule has 2 fully saturated rings. The molecule has 0 bridgehead atoms. The first-order valence-corrected chi connectivity index (χ1v) is 7.82. The minimum absolute atomic E-state index is 0.581. The van der Waals surface area contributed by atoms with Crippen LogP contribution in [0.1, 0.15) is 37.0 Å². The van der Waals surface area contributed by atoms with Crippen LogP contribution in [-0.2, 0) is 0 Å². The molecule has 106 valence electrons. The van der Waals surface area contributed by atoms with Crippen molar-refractivity contribution in [1.29, 1.82) is 0 Å². The first kappa shape index (κ1) is 12.4. The summed E-state index contributed by atoms with van der Waals surface area (Å²) in [6, 6.07) is 9.23. The van der Waals surface area contributed by atoms with Crippen molar-refractivity contribution in [2.45, 2.75) is 31.2 Å². The van der Waals surface area contributed by atoms with Gasteiger partial charge >= 0.3 is 0 Å². The molecule has 1 aromatic carbocycles. The Morgan fingerprint density at radius 2 is 1.80 bits per heavy atom. The molecule has 4 nitrogen and oxygen atoms in total. The minimum Gasteiger partial charge on any atom is -0.324 e. The molecule has 0 saturated carbocycles. The lowest BCUT2D eigenvalue weighted by molar-refractivity contribution is 0.362. The molecule has 0 spiro atoms. The van der Waals surface area contributed by atoms with Crippen LogP contribution in [0.5, 0.6) is 0 Å². The van der Waals surface area contributed by atoms with E-state index in [1.165, 1.54) is 30.6 Å². The highest BCUT2D eigenvalue weighted by molar-refractivity contribution is 5.76. The average molecular weight is 270 g/mol. The fraction of sp³-hybridized carbons (Fsp3) is 0.562. The zero-order valence-electron chi connectivity index (χ0n) is 11.8. The molecule has 3 heterocycles. The van der Waals surface area contributed by atoms with E-state index >= 15 is 0 Å². The molecule has 0 aliphatic carbocycles. The van der Waals surface area contributed by atoms with Gasteiger partial charge in [-0.1, -0.05) is 12.1 Å². The molecule has 2 aromatic rings. The zero-order valence-corrected chi connectivity index (χ0v) is 11.8. The number of rotatable bonds is 2. The Morgan fingerprint density at radius 1 is 1.00 bits per heavy atom. The number of imidazole rings is 1. The van der Waals surface area contributed by atoms with Crippen LogP contribution in [0, 0.1) is 0 Å². The van der Waals surface area contributed by atoms with E-state index in [0.717, 1.165) is 31.7 Å². The maximum atomic E-state index is 4.97. The normalized spacial score (nSPS) is 24.5. The number of hydrogen-bond acceptors (Lipinski definition) is 3. The highest BCUT2D eigenvalue weighted by atomic mass is 15.1. The standard InChI is InChI=1S/C16H22N4/c1-2-4-15-14(3-1)19-16(12-5-8-18-11-12)20(15)13-6-9-17-10-7-13/h1-4,12-13,17-18H,5-11H2/t12-/m1/s1. The number of para-hydroxylation sites is 2. The number of nitrogens with zero attached hydrogens (tertiary/aromatic N) is 2. The largest absolute Gasteiger partial charge is 0.324 e. The molecule has 2 aliphatic heterocycles. The van der Waals surface area contributed by atoms with E-state index in [9.17, 15) is 0 Å². The van der Waals surface area contributed by atoms with E-state index in [1.54, 1.807) is 0 Å². The lowest BCUT2D eigenvalue weighted by Crippen LogP contribution is -2.30. The second-order valence-corrected chi connectivity index (χ2v) is 6.00. The monoisotopic (exact) mass is 270 g/mol. The quantitative estimate of drug-likeness (QED) is 0.877. The van der Waals surface area contributed by atoms with Crippen LogP contribution in [0.15, 0.2) is 24.3 Å². The third-order valence-electron chi connectivity index (χ3n) is 4.72. The highest BCUT2D eigenvalue weighted by Gasteiger charge is 2.27. The van der Waals surface area contributed by atoms with Gasteiger partial charge in [-0.3, -0.25) is 0 Å². The van der Waals surface area contributed by atoms with Crippen molar-refractivity contribution in [3.8, 4) is 0 Å². The Morgan fingerprint density at radius 3 is 2.60 bits per heavy atom. The summed E-state index contributed by atoms with van der Waals surface area (Å²) in [6.45, 7) is 4.45. The Balaban J connectivity index is 1.83. The second kappa shape index (κ2) is 5.19. The fourth-order valence-corrected chi connectivity index (χ4v) is 3.67. The molecular weight excluding hydrogens is 248 g/mol. The molecule has 0 radical (unpaired) electrons. The maximum Gasteiger partial charge on any atom is 0.114 e. The lowest BCUT2D eigenvalue weighted by atomic mass is 10.0. The Kier molecular flexibility index (Phi) is 3.20. The number of benzene rings is 1. The molecule has 20 heavy (non-hydrogen) atoms. The van der Waals surface area contributed by atoms with Crippen molar-refractivity contribution in [3.63, 3.8) is 0 Å². The van der Waals surface area contributed by atoms with Crippen LogP contribution in [0.25, 0.3) is 11.0 Å². The maximum absolute atomic E-state index is 4.97. The average Bonchev–Trinajstić information content (AvgIpc) is 3.15. The van der Waals surface area contributed by atoms with Crippen LogP contribution in [0.2, 0.25) is 0 Å². The lowest BCUT2D eigenvalue weighted by Gasteiger charge is -2.27. The van der Waals surface area contributed by atoms with Gasteiger partial charge in [0, 0.05) is 18.5 Å². The molecule has 2 aliphatic rings. The summed E-state index contributed by atoms with van der Waals surface area (Å²) in [5.74, 6) is 1.89. The van der Waals surface area contributed by atoms with Gasteiger partial charge in [-0.15, -0.1) is 0 Å². The van der Waals surface area contributed by atoms with E-state index in [4.69, 9.17) is 4.98 Å². The third-order valence-corrected chi connectivity index (χ3v) is 4.72. The van der Waals surface area contributed by atoms with Crippen LogP contribution < -0.4 is 10.6 Å². The molecule has 1 atom stereocenters. The van der Waals surface area contributed by atoms with Gasteiger partial charge in [0.15, 0.2) is 0 Å². The number of piperidine rings is 1. The second-order valence-electron chi connectivity index (χ2n) is 6.00. The van der Waals surface area contributed by atoms with Gasteiger partial charge in [-0.2, -0.15) is 0 Å². The SMILES string of the molecule is c1ccc2c(c1)nc([C@@H]1CCNC1)n2C1CCNCC1. The molecule has 4 rings (SSSR count). The first-order valence-electron chi connectivity index (χ1n) is 7.82. The molecule has 1 aromatic heterocycles. The molecule has 4 heteroatoms. The smallest absolute Gasteiger partial charge is 0.114 e. The molecule has 2 N–H and O–H groups in total. The number of fused-ring (bicyclic) bond motifs is 1. The summed E-state index contributed by atoms with van der Waals surface area (Å²) in [7, 11) is 0. The number of aromatic nitrogens is 2. The van der Waals surface area contributed by atoms with Gasteiger partial charge in [0.1, 0.15) is 5.82 Å². The first-order chi connectivity index (χ1) is 9.93. The predicted octanol–water partition coefficient (Wildman–Crippen LogP) is 2.04. The van der Waals surface area contributed by atoms with Crippen molar-refractivity contribution < 1.29 is 0 Å². The summed E-state index contributed by atoms with van der Waals surface area (Å²) in [5.41, 5.74) is 2.48. The summed E-state index contributed by atoms with van der Waals surface area (Å²) >= 11 is 0. The van der Waals surface area contributed by atoms with Gasteiger partial charge in [0.05, 0.1) is 11.0 Å². The van der Waals surface area contributed by atoms with Gasteiger partial charge in [0.2, 0.25) is 0 Å². The number of nitrogens with one attached hydrogen (secondary N) is 2. The predicted molar refractivity (Wildman–Crippen MR) is 81.1 cm³/mol. The molecular formula is C16H22N4. The minimum atomic E-state index is 0.581. The fourth-order valence-electron chi connectivity index (χ4n) is 3.67. The number of hydrogen-bond donors (Lipinski definition) is 2. The van der Waals surface area contributed by atoms with Crippen LogP contribution in [-0.4, -0.2) is 35.7 Å². The van der Waals surface area contributed by atoms with Crippen LogP contribution in [0.4, 0.5) is 0 Å². The summed E-state index contributed by atoms with van der Waals surface area (Å²) in [5, 5.41) is 6.95. The van der Waals surface area contributed by atoms with E-state index in [2.05, 4.69) is 39.5 Å². The Hall–Kier alpha value is -1.39. The summed E-state index contributed by atoms with van der Waals surface area (Å²) in [4.78, 5) is 4.97. The van der Waals surface area contributed by atoms with Crippen molar-refractivity contribution in [1.82, 2.24) is 20.2 Å². The van der Waals surface area contributed by atoms with Gasteiger partial charge in [-0.05, 0) is 51.0 Å². The van der Waals surface area contributed by atoms with Crippen molar-refractivity contribution in [2.75, 3.05) is 26.2 Å². The van der Waals surface area contributed by atoms with E-state index in [1.807, 2.05) is 0 Å². The Labute approximate surface area is 119 Å². The molecule has 0 amide bonds. The summed E-state index contributed by atoms with van der Waals surface area (Å²) in [6.07, 6.45) is 3.65. The van der Waals surface area contributed by atoms with Crippen molar-refractivity contribution in [2.24, 2.45) is 0 Å². The van der Waals surface area contributed by atoms with Crippen LogP contribution >= 0.6 is 0 Å². The Bertz CT molecular complexity index is 592. The van der Waals surface area contributed by atoms with Crippen molar-refractivity contribution >= 4 is 11.0 Å². The van der Waals surface area contributed by atoms with Gasteiger partial charge in [-0.25, -0.2) is 4.98 Å². The zero-order chi connectivity index (χ0) is 13.4. The van der Waals surface area contributed by atoms with Crippen molar-refractivity contribution in [3.05, 3.63) is 30.1 Å². The summed E-state index contributed by atoms with van der Waals surface area (Å²) < 4.78 is 2.55. The van der Waals surface area contributed by atoms with Crippen LogP contribution in [0.3, 0.4) is 0 Å². The molecule has 0 unspecified atom stereocenters. The molecule has 2 saturated heterocycles. The van der Waals surface area contributed by atoms with Gasteiger partial charge < -0.3 is 15.2 Å². The van der Waals surface area contributed by atoms with E-state index < -0.39 is 0 Å². The van der Waals surface area contributed by atoms with Gasteiger partial charge in [0.25, 0.3) is 0 Å².